The van der Waals surface area contributed by atoms with E-state index in [1.807, 2.05) is 25.7 Å². The van der Waals surface area contributed by atoms with Gasteiger partial charge in [-0.05, 0) is 13.3 Å². The number of ether oxygens (including phenoxy) is 2. The SMILES string of the molecule is CCCCN(CCOC)C(=O)C1(N)CC(OCC)C1(C)C.Cl. The number of nitrogens with two attached hydrogens (primary N) is 1. The molecule has 0 heterocycles. The van der Waals surface area contributed by atoms with E-state index >= 15 is 0 Å². The Balaban J connectivity index is 0.00000441. The third kappa shape index (κ3) is 4.13. The second-order valence-electron chi connectivity index (χ2n) is 6.48. The van der Waals surface area contributed by atoms with E-state index in [1.165, 1.54) is 0 Å². The lowest BCUT2D eigenvalue weighted by Crippen LogP contribution is -2.76. The number of hydrogen-bond acceptors (Lipinski definition) is 4. The molecule has 22 heavy (non-hydrogen) atoms. The summed E-state index contributed by atoms with van der Waals surface area (Å²) in [6.07, 6.45) is 2.70. The number of rotatable bonds is 9. The molecule has 2 unspecified atom stereocenters. The molecule has 1 saturated carbocycles. The number of methoxy groups -OCH3 is 1. The Labute approximate surface area is 141 Å². The van der Waals surface area contributed by atoms with Crippen molar-refractivity contribution < 1.29 is 14.3 Å². The van der Waals surface area contributed by atoms with E-state index in [2.05, 4.69) is 6.92 Å². The summed E-state index contributed by atoms with van der Waals surface area (Å²) in [4.78, 5) is 14.8. The van der Waals surface area contributed by atoms with Crippen molar-refractivity contribution in [3.8, 4) is 0 Å². The highest BCUT2D eigenvalue weighted by Crippen LogP contribution is 2.50. The van der Waals surface area contributed by atoms with E-state index in [9.17, 15) is 4.79 Å². The van der Waals surface area contributed by atoms with Crippen LogP contribution in [0, 0.1) is 5.41 Å². The molecule has 2 N–H and O–H groups in total. The number of amides is 1. The summed E-state index contributed by atoms with van der Waals surface area (Å²) in [7, 11) is 1.65. The minimum absolute atomic E-state index is 0. The summed E-state index contributed by atoms with van der Waals surface area (Å²) >= 11 is 0. The maximum absolute atomic E-state index is 12.9. The monoisotopic (exact) mass is 336 g/mol. The molecule has 0 aromatic rings. The van der Waals surface area contributed by atoms with Crippen LogP contribution in [0.15, 0.2) is 0 Å². The topological polar surface area (TPSA) is 64.8 Å². The Morgan fingerprint density at radius 2 is 1.95 bits per heavy atom. The molecule has 1 amide bonds. The fraction of sp³-hybridized carbons (Fsp3) is 0.938. The first kappa shape index (κ1) is 21.6. The van der Waals surface area contributed by atoms with Gasteiger partial charge in [-0.3, -0.25) is 4.79 Å². The van der Waals surface area contributed by atoms with Crippen LogP contribution in [0.2, 0.25) is 0 Å². The maximum Gasteiger partial charge on any atom is 0.243 e. The smallest absolute Gasteiger partial charge is 0.243 e. The van der Waals surface area contributed by atoms with Gasteiger partial charge in [-0.1, -0.05) is 27.2 Å². The molecule has 6 heteroatoms. The standard InChI is InChI=1S/C16H32N2O3.ClH/c1-6-8-9-18(10-11-20-5)14(19)16(17)12-13(21-7-2)15(16,3)4;/h13H,6-12,17H2,1-5H3;1H. The molecule has 0 spiro atoms. The predicted molar refractivity (Wildman–Crippen MR) is 91.3 cm³/mol. The van der Waals surface area contributed by atoms with Gasteiger partial charge in [0.2, 0.25) is 5.91 Å². The summed E-state index contributed by atoms with van der Waals surface area (Å²) in [5, 5.41) is 0. The van der Waals surface area contributed by atoms with Gasteiger partial charge in [0, 0.05) is 38.6 Å². The summed E-state index contributed by atoms with van der Waals surface area (Å²) in [6, 6.07) is 0. The zero-order valence-electron chi connectivity index (χ0n) is 14.7. The van der Waals surface area contributed by atoms with Crippen LogP contribution in [0.5, 0.6) is 0 Å². The highest BCUT2D eigenvalue weighted by Gasteiger charge is 2.63. The van der Waals surface area contributed by atoms with Gasteiger partial charge in [-0.25, -0.2) is 0 Å². The third-order valence-electron chi connectivity index (χ3n) is 4.85. The molecule has 1 aliphatic rings. The van der Waals surface area contributed by atoms with Crippen molar-refractivity contribution in [2.24, 2.45) is 11.1 Å². The van der Waals surface area contributed by atoms with Crippen LogP contribution in [0.3, 0.4) is 0 Å². The first-order chi connectivity index (χ1) is 9.85. The first-order valence-electron chi connectivity index (χ1n) is 8.03. The Kier molecular flexibility index (Phi) is 8.91. The molecular weight excluding hydrogens is 304 g/mol. The zero-order valence-corrected chi connectivity index (χ0v) is 15.5. The van der Waals surface area contributed by atoms with Crippen molar-refractivity contribution in [1.29, 1.82) is 0 Å². The van der Waals surface area contributed by atoms with Gasteiger partial charge in [0.05, 0.1) is 12.7 Å². The average molecular weight is 337 g/mol. The molecule has 0 aromatic heterocycles. The van der Waals surface area contributed by atoms with Crippen molar-refractivity contribution in [3.05, 3.63) is 0 Å². The molecule has 0 bridgehead atoms. The van der Waals surface area contributed by atoms with E-state index in [0.29, 0.717) is 26.2 Å². The lowest BCUT2D eigenvalue weighted by atomic mass is 9.54. The molecule has 0 aromatic carbocycles. The Hall–Kier alpha value is -0.360. The van der Waals surface area contributed by atoms with Gasteiger partial charge in [0.25, 0.3) is 0 Å². The minimum Gasteiger partial charge on any atom is -0.383 e. The van der Waals surface area contributed by atoms with E-state index in [0.717, 1.165) is 19.4 Å². The molecule has 1 fully saturated rings. The van der Waals surface area contributed by atoms with E-state index in [4.69, 9.17) is 15.2 Å². The maximum atomic E-state index is 12.9. The largest absolute Gasteiger partial charge is 0.383 e. The molecule has 1 aliphatic carbocycles. The van der Waals surface area contributed by atoms with Crippen LogP contribution in [0.1, 0.15) is 47.0 Å². The second kappa shape index (κ2) is 9.06. The van der Waals surface area contributed by atoms with Gasteiger partial charge in [0.1, 0.15) is 5.54 Å². The summed E-state index contributed by atoms with van der Waals surface area (Å²) < 4.78 is 10.8. The Bertz CT molecular complexity index is 344. The summed E-state index contributed by atoms with van der Waals surface area (Å²) in [6.45, 7) is 10.7. The fourth-order valence-corrected chi connectivity index (χ4v) is 2.95. The van der Waals surface area contributed by atoms with Crippen molar-refractivity contribution in [2.45, 2.75) is 58.6 Å². The third-order valence-corrected chi connectivity index (χ3v) is 4.85. The van der Waals surface area contributed by atoms with E-state index in [-0.39, 0.29) is 29.8 Å². The summed E-state index contributed by atoms with van der Waals surface area (Å²) in [5.41, 5.74) is 5.32. The molecular formula is C16H33ClN2O3. The van der Waals surface area contributed by atoms with Gasteiger partial charge in [-0.2, -0.15) is 0 Å². The highest BCUT2D eigenvalue weighted by atomic mass is 35.5. The van der Waals surface area contributed by atoms with Crippen molar-refractivity contribution in [2.75, 3.05) is 33.4 Å². The molecule has 5 nitrogen and oxygen atoms in total. The molecule has 0 radical (unpaired) electrons. The number of carbonyl (C=O) groups excluding carboxylic acids is 1. The minimum atomic E-state index is -0.825. The number of hydrogen-bond donors (Lipinski definition) is 1. The predicted octanol–water partition coefficient (Wildman–Crippen LogP) is 2.22. The first-order valence-corrected chi connectivity index (χ1v) is 8.03. The Morgan fingerprint density at radius 1 is 1.32 bits per heavy atom. The van der Waals surface area contributed by atoms with Gasteiger partial charge < -0.3 is 20.1 Å². The number of unbranched alkanes of at least 4 members (excludes halogenated alkanes) is 1. The lowest BCUT2D eigenvalue weighted by molar-refractivity contribution is -0.179. The average Bonchev–Trinajstić information content (AvgIpc) is 2.46. The van der Waals surface area contributed by atoms with Gasteiger partial charge >= 0.3 is 0 Å². The van der Waals surface area contributed by atoms with Crippen LogP contribution >= 0.6 is 12.4 Å². The van der Waals surface area contributed by atoms with Crippen molar-refractivity contribution in [3.63, 3.8) is 0 Å². The van der Waals surface area contributed by atoms with E-state index in [1.54, 1.807) is 7.11 Å². The van der Waals surface area contributed by atoms with Crippen LogP contribution in [-0.2, 0) is 14.3 Å². The molecule has 2 atom stereocenters. The van der Waals surface area contributed by atoms with Crippen molar-refractivity contribution >= 4 is 18.3 Å². The number of carbonyl (C=O) groups is 1. The van der Waals surface area contributed by atoms with Crippen LogP contribution in [0.4, 0.5) is 0 Å². The Morgan fingerprint density at radius 3 is 2.41 bits per heavy atom. The highest BCUT2D eigenvalue weighted by molar-refractivity contribution is 5.89. The van der Waals surface area contributed by atoms with Crippen LogP contribution < -0.4 is 5.73 Å². The van der Waals surface area contributed by atoms with E-state index < -0.39 is 5.54 Å². The molecule has 132 valence electrons. The fourth-order valence-electron chi connectivity index (χ4n) is 2.95. The van der Waals surface area contributed by atoms with Crippen LogP contribution in [0.25, 0.3) is 0 Å². The normalized spacial score (nSPS) is 26.0. The van der Waals surface area contributed by atoms with Crippen LogP contribution in [-0.4, -0.2) is 55.9 Å². The second-order valence-corrected chi connectivity index (χ2v) is 6.48. The number of halogens is 1. The molecule has 1 rings (SSSR count). The van der Waals surface area contributed by atoms with Gasteiger partial charge in [-0.15, -0.1) is 12.4 Å². The molecule has 0 saturated heterocycles. The summed E-state index contributed by atoms with van der Waals surface area (Å²) in [5.74, 6) is 0.0361. The van der Waals surface area contributed by atoms with Gasteiger partial charge in [0.15, 0.2) is 0 Å². The zero-order chi connectivity index (χ0) is 16.1. The molecule has 0 aliphatic heterocycles. The van der Waals surface area contributed by atoms with Crippen molar-refractivity contribution in [1.82, 2.24) is 4.90 Å². The number of nitrogens with zero attached hydrogens (tertiary/aromatic N) is 1. The lowest BCUT2D eigenvalue weighted by Gasteiger charge is -2.58. The quantitative estimate of drug-likeness (QED) is 0.701.